The summed E-state index contributed by atoms with van der Waals surface area (Å²) in [6.07, 6.45) is 2.39. The smallest absolute Gasteiger partial charge is 0.343 e. The Morgan fingerprint density at radius 2 is 1.03 bits per heavy atom. The average Bonchev–Trinajstić information content (AvgIpc) is 3.26. The first-order chi connectivity index (χ1) is 28.9. The van der Waals surface area contributed by atoms with Crippen molar-refractivity contribution in [2.24, 2.45) is 0 Å². The Balaban J connectivity index is 0.000000154. The molecule has 0 unspecified atom stereocenters. The second kappa shape index (κ2) is 14.4. The van der Waals surface area contributed by atoms with Crippen LogP contribution in [0.4, 0.5) is 17.6 Å². The van der Waals surface area contributed by atoms with Gasteiger partial charge in [0.05, 0.1) is 28.8 Å². The molecule has 0 saturated heterocycles. The Bertz CT molecular complexity index is 3260. The molecule has 0 amide bonds. The topological polar surface area (TPSA) is 126 Å². The number of hydrogen-bond acceptors (Lipinski definition) is 7. The number of aromatic nitrogens is 2. The monoisotopic (exact) mass is 810 g/mol. The van der Waals surface area contributed by atoms with Crippen molar-refractivity contribution in [3.63, 3.8) is 0 Å². The van der Waals surface area contributed by atoms with Gasteiger partial charge in [-0.15, -0.1) is 0 Å². The Hall–Kier alpha value is -8.00. The fourth-order valence-corrected chi connectivity index (χ4v) is 7.31. The molecule has 2 aliphatic heterocycles. The van der Waals surface area contributed by atoms with Crippen molar-refractivity contribution in [1.29, 1.82) is 0 Å². The molecule has 0 aliphatic carbocycles. The number of carbonyl (C=O) groups excluding carboxylic acids is 1. The number of ether oxygens (including phenoxy) is 3. The maximum Gasteiger partial charge on any atom is 0.343 e. The van der Waals surface area contributed by atoms with Crippen LogP contribution in [-0.4, -0.2) is 32.8 Å². The fourth-order valence-electron chi connectivity index (χ4n) is 7.31. The fraction of sp³-hybridized carbons (Fsp3) is 0.0435. The van der Waals surface area contributed by atoms with E-state index in [2.05, 4.69) is 0 Å². The maximum absolute atomic E-state index is 14.7. The van der Waals surface area contributed by atoms with Crippen LogP contribution < -0.4 is 20.3 Å². The molecule has 0 bridgehead atoms. The van der Waals surface area contributed by atoms with Crippen LogP contribution in [0.1, 0.15) is 27.6 Å². The Labute approximate surface area is 335 Å². The van der Waals surface area contributed by atoms with E-state index in [9.17, 15) is 41.8 Å². The van der Waals surface area contributed by atoms with Gasteiger partial charge in [0, 0.05) is 12.4 Å². The summed E-state index contributed by atoms with van der Waals surface area (Å²) in [5, 5.41) is 8.95. The van der Waals surface area contributed by atoms with E-state index in [0.29, 0.717) is 17.4 Å². The summed E-state index contributed by atoms with van der Waals surface area (Å²) in [7, 11) is 0. The summed E-state index contributed by atoms with van der Waals surface area (Å²) in [6, 6.07) is 30.8. The Morgan fingerprint density at radius 1 is 0.600 bits per heavy atom. The largest absolute Gasteiger partial charge is 0.477 e. The number of esters is 1. The lowest BCUT2D eigenvalue weighted by atomic mass is 10.0. The van der Waals surface area contributed by atoms with Crippen molar-refractivity contribution in [3.8, 4) is 56.6 Å². The van der Waals surface area contributed by atoms with E-state index < -0.39 is 63.1 Å². The SMILES string of the molecule is CCOC(=O)c1cn2c3c(c(F)c(F)cc3c1=O)Oc1cc(-c3ccccc3)ccc1-2.O=C(O)c1cn2c3c(c(F)c(F)cc3c1=O)Oc1cc(-c3ccccc3)ccc1-2. The highest BCUT2D eigenvalue weighted by molar-refractivity contribution is 5.98. The van der Waals surface area contributed by atoms with Crippen LogP contribution in [0.3, 0.4) is 0 Å². The number of halogens is 4. The van der Waals surface area contributed by atoms with Gasteiger partial charge in [-0.05, 0) is 65.6 Å². The first-order valence-corrected chi connectivity index (χ1v) is 18.3. The number of hydrogen-bond donors (Lipinski definition) is 1. The lowest BCUT2D eigenvalue weighted by molar-refractivity contribution is 0.0523. The zero-order valence-electron chi connectivity index (χ0n) is 31.0. The number of nitrogens with zero attached hydrogens (tertiary/aromatic N) is 2. The predicted molar refractivity (Wildman–Crippen MR) is 213 cm³/mol. The lowest BCUT2D eigenvalue weighted by Crippen LogP contribution is -2.22. The van der Waals surface area contributed by atoms with E-state index in [1.807, 2.05) is 66.7 Å². The van der Waals surface area contributed by atoms with E-state index in [1.54, 1.807) is 37.3 Å². The van der Waals surface area contributed by atoms with E-state index in [1.165, 1.54) is 15.3 Å². The molecular formula is C46H26F4N2O8. The highest BCUT2D eigenvalue weighted by Crippen LogP contribution is 2.45. The normalized spacial score (nSPS) is 11.8. The van der Waals surface area contributed by atoms with Gasteiger partial charge in [0.2, 0.25) is 22.5 Å². The number of carbonyl (C=O) groups is 2. The van der Waals surface area contributed by atoms with Crippen LogP contribution >= 0.6 is 0 Å². The third-order valence-corrected chi connectivity index (χ3v) is 10.1. The molecule has 0 fully saturated rings. The predicted octanol–water partition coefficient (Wildman–Crippen LogP) is 9.96. The summed E-state index contributed by atoms with van der Waals surface area (Å²) >= 11 is 0. The minimum absolute atomic E-state index is 0.0149. The molecule has 10 rings (SSSR count). The van der Waals surface area contributed by atoms with Crippen molar-refractivity contribution in [3.05, 3.63) is 176 Å². The first kappa shape index (κ1) is 37.6. The number of aromatic carboxylic acids is 1. The molecule has 60 heavy (non-hydrogen) atoms. The molecule has 2 aliphatic rings. The molecule has 1 N–H and O–H groups in total. The van der Waals surface area contributed by atoms with E-state index in [-0.39, 0.29) is 45.5 Å². The molecular weight excluding hydrogens is 785 g/mol. The highest BCUT2D eigenvalue weighted by atomic mass is 19.2. The Kier molecular flexibility index (Phi) is 9.04. The minimum Gasteiger partial charge on any atom is -0.477 e. The summed E-state index contributed by atoms with van der Waals surface area (Å²) in [4.78, 5) is 49.2. The summed E-state index contributed by atoms with van der Waals surface area (Å²) < 4.78 is 76.8. The summed E-state index contributed by atoms with van der Waals surface area (Å²) in [6.45, 7) is 1.68. The lowest BCUT2D eigenvalue weighted by Gasteiger charge is -2.24. The van der Waals surface area contributed by atoms with Crippen LogP contribution in [0.2, 0.25) is 0 Å². The number of fused-ring (bicyclic) bond motifs is 4. The number of benzene rings is 6. The van der Waals surface area contributed by atoms with Gasteiger partial charge in [0.15, 0.2) is 34.6 Å². The average molecular weight is 811 g/mol. The third-order valence-electron chi connectivity index (χ3n) is 10.1. The Morgan fingerprint density at radius 3 is 1.47 bits per heavy atom. The van der Waals surface area contributed by atoms with E-state index in [0.717, 1.165) is 34.5 Å². The van der Waals surface area contributed by atoms with Crippen LogP contribution in [-0.2, 0) is 4.74 Å². The minimum atomic E-state index is -1.46. The van der Waals surface area contributed by atoms with E-state index in [4.69, 9.17) is 14.2 Å². The van der Waals surface area contributed by atoms with Crippen molar-refractivity contribution >= 4 is 33.7 Å². The molecule has 8 aromatic rings. The molecule has 0 saturated carbocycles. The van der Waals surface area contributed by atoms with Gasteiger partial charge >= 0.3 is 11.9 Å². The number of pyridine rings is 2. The molecule has 10 nitrogen and oxygen atoms in total. The van der Waals surface area contributed by atoms with Crippen LogP contribution in [0.25, 0.3) is 55.4 Å². The summed E-state index contributed by atoms with van der Waals surface area (Å²) in [5.74, 6) is -7.66. The number of carboxylic acids is 1. The zero-order valence-corrected chi connectivity index (χ0v) is 31.0. The zero-order chi connectivity index (χ0) is 42.0. The molecule has 6 aromatic carbocycles. The summed E-state index contributed by atoms with van der Waals surface area (Å²) in [5.41, 5.74) is 1.84. The number of rotatable bonds is 5. The molecule has 2 aromatic heterocycles. The van der Waals surface area contributed by atoms with Gasteiger partial charge in [0.25, 0.3) is 0 Å². The van der Waals surface area contributed by atoms with Gasteiger partial charge in [-0.2, -0.15) is 8.78 Å². The molecule has 0 radical (unpaired) electrons. The quantitative estimate of drug-likeness (QED) is 0.135. The molecule has 14 heteroatoms. The molecule has 4 heterocycles. The first-order valence-electron chi connectivity index (χ1n) is 18.3. The van der Waals surface area contributed by atoms with Gasteiger partial charge in [0.1, 0.15) is 22.2 Å². The van der Waals surface area contributed by atoms with Crippen molar-refractivity contribution in [2.75, 3.05) is 6.61 Å². The van der Waals surface area contributed by atoms with Crippen molar-refractivity contribution in [2.45, 2.75) is 6.92 Å². The van der Waals surface area contributed by atoms with Gasteiger partial charge in [-0.1, -0.05) is 72.8 Å². The molecule has 0 atom stereocenters. The number of carboxylic acid groups (broad SMARTS) is 1. The van der Waals surface area contributed by atoms with Crippen molar-refractivity contribution in [1.82, 2.24) is 9.13 Å². The second-order valence-corrected chi connectivity index (χ2v) is 13.6. The second-order valence-electron chi connectivity index (χ2n) is 13.6. The molecule has 0 spiro atoms. The van der Waals surface area contributed by atoms with E-state index >= 15 is 0 Å². The van der Waals surface area contributed by atoms with Crippen LogP contribution in [0.15, 0.2) is 131 Å². The van der Waals surface area contributed by atoms with Gasteiger partial charge < -0.3 is 28.5 Å². The highest BCUT2D eigenvalue weighted by Gasteiger charge is 2.31. The van der Waals surface area contributed by atoms with Gasteiger partial charge in [-0.25, -0.2) is 18.4 Å². The third kappa shape index (κ3) is 6.04. The van der Waals surface area contributed by atoms with Crippen LogP contribution in [0, 0.1) is 23.3 Å². The van der Waals surface area contributed by atoms with Crippen LogP contribution in [0.5, 0.6) is 23.0 Å². The maximum atomic E-state index is 14.7. The van der Waals surface area contributed by atoms with Gasteiger partial charge in [-0.3, -0.25) is 9.59 Å². The standard InChI is InChI=1S/C24H15F2NO4.C22H11F2NO4/c1-2-30-24(29)16-12-27-18-9-8-14(13-6-4-3-5-7-13)10-19(18)31-23-20(26)17(25)11-15(21(23)27)22(16)28;23-15-9-13-19-21(18(15)24)29-17-8-12(11-4-2-1-3-5-11)6-7-16(17)25(19)10-14(20(13)26)22(27)28/h3-12H,2H2,1H3;1-10H,(H,27,28). The van der Waals surface area contributed by atoms with Crippen molar-refractivity contribution < 1.29 is 46.5 Å². The molecule has 296 valence electrons.